The topological polar surface area (TPSA) is 39.1 Å². The average molecular weight is 348 g/mol. The second-order valence-electron chi connectivity index (χ2n) is 5.76. The molecular weight excluding hydrogens is 326 g/mol. The fourth-order valence-corrected chi connectivity index (χ4v) is 3.81. The fraction of sp³-hybridized carbons (Fsp3) is 0.643. The van der Waals surface area contributed by atoms with Crippen LogP contribution < -0.4 is 5.56 Å². The Labute approximate surface area is 126 Å². The predicted molar refractivity (Wildman–Crippen MR) is 85.2 cm³/mol. The number of halogens is 1. The summed E-state index contributed by atoms with van der Waals surface area (Å²) in [7, 11) is 0.810. The quantitative estimate of drug-likeness (QED) is 0.838. The molecule has 0 aliphatic rings. The normalized spacial score (nSPS) is 15.3. The van der Waals surface area contributed by atoms with E-state index in [4.69, 9.17) is 0 Å². The summed E-state index contributed by atoms with van der Waals surface area (Å²) in [5.41, 5.74) is 0.932. The van der Waals surface area contributed by atoms with Gasteiger partial charge in [-0.1, -0.05) is 6.92 Å². The van der Waals surface area contributed by atoms with E-state index in [0.717, 1.165) is 16.5 Å². The molecule has 0 saturated heterocycles. The van der Waals surface area contributed by atoms with E-state index in [-0.39, 0.29) is 16.2 Å². The van der Waals surface area contributed by atoms with Gasteiger partial charge in [0.1, 0.15) is 0 Å². The number of aryl methyl sites for hydroxylation is 1. The monoisotopic (exact) mass is 347 g/mol. The van der Waals surface area contributed by atoms with Gasteiger partial charge in [0.2, 0.25) is 0 Å². The first-order chi connectivity index (χ1) is 8.66. The van der Waals surface area contributed by atoms with Gasteiger partial charge < -0.3 is 4.57 Å². The number of nitrogens with zero attached hydrogens (tertiary/aromatic N) is 1. The van der Waals surface area contributed by atoms with Crippen molar-refractivity contribution in [3.63, 3.8) is 0 Å². The van der Waals surface area contributed by atoms with Crippen molar-refractivity contribution < 1.29 is 4.21 Å². The van der Waals surface area contributed by atoms with Crippen LogP contribution in [-0.2, 0) is 17.8 Å². The largest absolute Gasteiger partial charge is 0.317 e. The highest BCUT2D eigenvalue weighted by atomic mass is 79.9. The molecule has 1 unspecified atom stereocenters. The van der Waals surface area contributed by atoms with Crippen LogP contribution in [0, 0.1) is 0 Å². The highest BCUT2D eigenvalue weighted by molar-refractivity contribution is 9.10. The van der Waals surface area contributed by atoms with Gasteiger partial charge >= 0.3 is 0 Å². The third kappa shape index (κ3) is 4.28. The number of pyridine rings is 1. The minimum atomic E-state index is -0.918. The molecule has 0 saturated carbocycles. The van der Waals surface area contributed by atoms with Gasteiger partial charge in [-0.05, 0) is 54.6 Å². The third-order valence-corrected chi connectivity index (χ3v) is 5.91. The van der Waals surface area contributed by atoms with Crippen LogP contribution in [0.2, 0.25) is 0 Å². The lowest BCUT2D eigenvalue weighted by Crippen LogP contribution is -2.27. The van der Waals surface area contributed by atoms with Gasteiger partial charge in [0.25, 0.3) is 5.56 Å². The summed E-state index contributed by atoms with van der Waals surface area (Å²) < 4.78 is 14.5. The number of hydrogen-bond donors (Lipinski definition) is 0. The highest BCUT2D eigenvalue weighted by Gasteiger charge is 2.24. The van der Waals surface area contributed by atoms with E-state index in [0.29, 0.717) is 5.75 Å². The molecule has 0 spiro atoms. The van der Waals surface area contributed by atoms with Crippen LogP contribution >= 0.6 is 15.9 Å². The number of hydrogen-bond acceptors (Lipinski definition) is 2. The molecule has 1 heterocycles. The van der Waals surface area contributed by atoms with Gasteiger partial charge in [-0.15, -0.1) is 0 Å². The van der Waals surface area contributed by atoms with Crippen LogP contribution in [0.5, 0.6) is 0 Å². The third-order valence-electron chi connectivity index (χ3n) is 3.18. The molecule has 5 heteroatoms. The molecule has 108 valence electrons. The molecular formula is C14H22BrNO2S. The molecule has 2 atom stereocenters. The van der Waals surface area contributed by atoms with E-state index >= 15 is 0 Å². The lowest BCUT2D eigenvalue weighted by Gasteiger charge is -2.23. The molecule has 0 radical (unpaired) electrons. The maximum absolute atomic E-state index is 12.3. The molecule has 0 aliphatic heterocycles. The summed E-state index contributed by atoms with van der Waals surface area (Å²) in [5, 5.41) is 0. The van der Waals surface area contributed by atoms with Crippen molar-refractivity contribution in [2.24, 2.45) is 7.05 Å². The van der Waals surface area contributed by atoms with Crippen molar-refractivity contribution in [1.82, 2.24) is 4.57 Å². The molecule has 0 aliphatic carbocycles. The summed E-state index contributed by atoms with van der Waals surface area (Å²) >= 11 is 3.50. The summed E-state index contributed by atoms with van der Waals surface area (Å²) in [6.45, 7) is 8.01. The maximum atomic E-state index is 12.3. The van der Waals surface area contributed by atoms with E-state index in [1.54, 1.807) is 23.9 Å². The summed E-state index contributed by atoms with van der Waals surface area (Å²) in [6.07, 6.45) is 2.65. The first-order valence-electron chi connectivity index (χ1n) is 6.41. The molecule has 1 aromatic heterocycles. The first kappa shape index (κ1) is 16.6. The lowest BCUT2D eigenvalue weighted by atomic mass is 10.00. The van der Waals surface area contributed by atoms with Crippen molar-refractivity contribution in [3.8, 4) is 0 Å². The Kier molecular flexibility index (Phi) is 5.56. The van der Waals surface area contributed by atoms with Crippen LogP contribution in [0.3, 0.4) is 0 Å². The fourth-order valence-electron chi connectivity index (χ4n) is 1.79. The molecule has 0 fully saturated rings. The van der Waals surface area contributed by atoms with E-state index in [9.17, 15) is 9.00 Å². The Morgan fingerprint density at radius 1 is 1.42 bits per heavy atom. The van der Waals surface area contributed by atoms with Crippen LogP contribution in [0.15, 0.2) is 21.5 Å². The van der Waals surface area contributed by atoms with E-state index in [1.165, 1.54) is 0 Å². The van der Waals surface area contributed by atoms with E-state index in [1.807, 2.05) is 20.8 Å². The Hall–Kier alpha value is -0.420. The van der Waals surface area contributed by atoms with Crippen molar-refractivity contribution in [2.45, 2.75) is 44.8 Å². The van der Waals surface area contributed by atoms with Crippen molar-refractivity contribution >= 4 is 26.7 Å². The molecule has 3 nitrogen and oxygen atoms in total. The van der Waals surface area contributed by atoms with Gasteiger partial charge in [-0.3, -0.25) is 9.00 Å². The standard InChI is InChI=1S/C14H22BrNO2S/c1-6-10(9-19(18)14(2,3)4)11-7-13(17)16(5)8-12(11)15/h7-8,10H,6,9H2,1-5H3/t10?,19-/m1/s1. The molecule has 1 aromatic rings. The lowest BCUT2D eigenvalue weighted by molar-refractivity contribution is 0.632. The molecule has 1 rings (SSSR count). The van der Waals surface area contributed by atoms with Crippen molar-refractivity contribution in [3.05, 3.63) is 32.7 Å². The van der Waals surface area contributed by atoms with E-state index < -0.39 is 10.8 Å². The van der Waals surface area contributed by atoms with Gasteiger partial charge in [0.05, 0.1) is 0 Å². The molecule has 0 bridgehead atoms. The van der Waals surface area contributed by atoms with Gasteiger partial charge in [-0.2, -0.15) is 0 Å². The zero-order valence-corrected chi connectivity index (χ0v) is 14.6. The molecule has 19 heavy (non-hydrogen) atoms. The smallest absolute Gasteiger partial charge is 0.250 e. The van der Waals surface area contributed by atoms with E-state index in [2.05, 4.69) is 22.9 Å². The summed E-state index contributed by atoms with van der Waals surface area (Å²) in [5.74, 6) is 0.731. The minimum Gasteiger partial charge on any atom is -0.317 e. The second kappa shape index (κ2) is 6.35. The van der Waals surface area contributed by atoms with Gasteiger partial charge in [0, 0.05) is 45.1 Å². The Balaban J connectivity index is 3.08. The van der Waals surface area contributed by atoms with Crippen LogP contribution in [0.1, 0.15) is 45.6 Å². The number of aromatic nitrogens is 1. The molecule has 0 N–H and O–H groups in total. The van der Waals surface area contributed by atoms with Gasteiger partial charge in [0.15, 0.2) is 0 Å². The first-order valence-corrected chi connectivity index (χ1v) is 8.52. The Morgan fingerprint density at radius 3 is 2.47 bits per heavy atom. The zero-order valence-electron chi connectivity index (χ0n) is 12.2. The van der Waals surface area contributed by atoms with Crippen molar-refractivity contribution in [1.29, 1.82) is 0 Å². The van der Waals surface area contributed by atoms with Crippen LogP contribution in [-0.4, -0.2) is 19.3 Å². The molecule has 0 amide bonds. The Morgan fingerprint density at radius 2 is 2.00 bits per heavy atom. The van der Waals surface area contributed by atoms with Crippen LogP contribution in [0.25, 0.3) is 0 Å². The Bertz CT molecular complexity index is 531. The minimum absolute atomic E-state index is 0.0295. The maximum Gasteiger partial charge on any atom is 0.250 e. The number of rotatable bonds is 4. The molecule has 0 aromatic carbocycles. The highest BCUT2D eigenvalue weighted by Crippen LogP contribution is 2.28. The average Bonchev–Trinajstić information content (AvgIpc) is 2.29. The van der Waals surface area contributed by atoms with Crippen molar-refractivity contribution in [2.75, 3.05) is 5.75 Å². The second-order valence-corrected chi connectivity index (χ2v) is 8.86. The van der Waals surface area contributed by atoms with Gasteiger partial charge in [-0.25, -0.2) is 0 Å². The predicted octanol–water partition coefficient (Wildman–Crippen LogP) is 3.19. The summed E-state index contributed by atoms with van der Waals surface area (Å²) in [4.78, 5) is 11.8. The summed E-state index contributed by atoms with van der Waals surface area (Å²) in [6, 6.07) is 1.65. The zero-order chi connectivity index (χ0) is 14.8. The van der Waals surface area contributed by atoms with Crippen LogP contribution in [0.4, 0.5) is 0 Å². The SMILES string of the molecule is CCC(C[S@@](=O)C(C)(C)C)c1cc(=O)n(C)cc1Br.